The number of piperidine rings is 1. The maximum atomic E-state index is 11.9. The molecule has 0 bridgehead atoms. The Balaban J connectivity index is 1.93. The van der Waals surface area contributed by atoms with Crippen molar-refractivity contribution in [2.75, 3.05) is 13.1 Å². The van der Waals surface area contributed by atoms with Gasteiger partial charge in [0.1, 0.15) is 11.1 Å². The molecule has 3 N–H and O–H groups in total. The molecular weight excluding hydrogens is 250 g/mol. The van der Waals surface area contributed by atoms with Crippen molar-refractivity contribution in [3.63, 3.8) is 0 Å². The van der Waals surface area contributed by atoms with Gasteiger partial charge in [0.25, 0.3) is 0 Å². The lowest BCUT2D eigenvalue weighted by Crippen LogP contribution is -2.56. The molecule has 19 heavy (non-hydrogen) atoms. The van der Waals surface area contributed by atoms with Crippen LogP contribution in [0.3, 0.4) is 0 Å². The van der Waals surface area contributed by atoms with Gasteiger partial charge in [-0.2, -0.15) is 0 Å². The standard InChI is InChI=1S/C12H21N3O4/c1-11(2,3)19-10(18)15-6-4-12(5-7-15)8(16)13-9(17)14-12/h9,14,17H,4-7H2,1-3H3,(H,13,16). The number of hydrogen-bond acceptors (Lipinski definition) is 5. The summed E-state index contributed by atoms with van der Waals surface area (Å²) in [5.41, 5.74) is -1.27. The molecule has 0 aromatic heterocycles. The Morgan fingerprint density at radius 3 is 2.42 bits per heavy atom. The molecule has 2 heterocycles. The van der Waals surface area contributed by atoms with E-state index in [1.54, 1.807) is 4.90 Å². The number of aliphatic hydroxyl groups excluding tert-OH is 1. The molecule has 7 heteroatoms. The SMILES string of the molecule is CC(C)(C)OC(=O)N1CCC2(CC1)NC(O)NC2=O. The van der Waals surface area contributed by atoms with Crippen molar-refractivity contribution in [2.24, 2.45) is 0 Å². The van der Waals surface area contributed by atoms with Gasteiger partial charge in [-0.15, -0.1) is 0 Å². The first-order valence-corrected chi connectivity index (χ1v) is 6.47. The first-order valence-electron chi connectivity index (χ1n) is 6.47. The molecule has 2 saturated heterocycles. The zero-order valence-corrected chi connectivity index (χ0v) is 11.5. The number of rotatable bonds is 0. The number of nitrogens with one attached hydrogen (secondary N) is 2. The van der Waals surface area contributed by atoms with Crippen LogP contribution in [0.5, 0.6) is 0 Å². The molecule has 0 aromatic rings. The summed E-state index contributed by atoms with van der Waals surface area (Å²) in [6.07, 6.45) is -0.425. The second-order valence-corrected chi connectivity index (χ2v) is 6.07. The van der Waals surface area contributed by atoms with Gasteiger partial charge in [0.05, 0.1) is 0 Å². The molecular formula is C12H21N3O4. The largest absolute Gasteiger partial charge is 0.444 e. The molecule has 2 fully saturated rings. The summed E-state index contributed by atoms with van der Waals surface area (Å²) >= 11 is 0. The number of carbonyl (C=O) groups excluding carboxylic acids is 2. The Morgan fingerprint density at radius 2 is 2.00 bits per heavy atom. The highest BCUT2D eigenvalue weighted by Crippen LogP contribution is 2.26. The second kappa shape index (κ2) is 4.64. The first-order chi connectivity index (χ1) is 8.72. The highest BCUT2D eigenvalue weighted by Gasteiger charge is 2.48. The topological polar surface area (TPSA) is 90.9 Å². The van der Waals surface area contributed by atoms with Crippen LogP contribution in [0.25, 0.3) is 0 Å². The van der Waals surface area contributed by atoms with E-state index in [4.69, 9.17) is 4.74 Å². The fourth-order valence-corrected chi connectivity index (χ4v) is 2.39. The van der Waals surface area contributed by atoms with Gasteiger partial charge >= 0.3 is 6.09 Å². The van der Waals surface area contributed by atoms with Crippen LogP contribution < -0.4 is 10.6 Å². The van der Waals surface area contributed by atoms with Gasteiger partial charge in [-0.1, -0.05) is 0 Å². The van der Waals surface area contributed by atoms with Gasteiger partial charge in [0, 0.05) is 13.1 Å². The molecule has 0 radical (unpaired) electrons. The predicted molar refractivity (Wildman–Crippen MR) is 67.1 cm³/mol. The number of ether oxygens (including phenoxy) is 1. The average molecular weight is 271 g/mol. The molecule has 1 unspecified atom stereocenters. The zero-order valence-electron chi connectivity index (χ0n) is 11.5. The van der Waals surface area contributed by atoms with Crippen molar-refractivity contribution >= 4 is 12.0 Å². The quantitative estimate of drug-likeness (QED) is 0.565. The number of aliphatic hydroxyl groups is 1. The van der Waals surface area contributed by atoms with Gasteiger partial charge in [-0.3, -0.25) is 10.1 Å². The molecule has 0 saturated carbocycles. The Labute approximate surface area is 112 Å². The minimum absolute atomic E-state index is 0.205. The Kier molecular flexibility index (Phi) is 3.44. The van der Waals surface area contributed by atoms with Gasteiger partial charge < -0.3 is 20.1 Å². The van der Waals surface area contributed by atoms with Crippen LogP contribution in [0, 0.1) is 0 Å². The van der Waals surface area contributed by atoms with E-state index >= 15 is 0 Å². The van der Waals surface area contributed by atoms with E-state index in [1.165, 1.54) is 0 Å². The van der Waals surface area contributed by atoms with Crippen molar-refractivity contribution < 1.29 is 19.4 Å². The summed E-state index contributed by atoms with van der Waals surface area (Å²) in [6.45, 7) is 6.32. The van der Waals surface area contributed by atoms with Crippen molar-refractivity contribution in [3.8, 4) is 0 Å². The Bertz CT molecular complexity index is 383. The minimum atomic E-state index is -0.999. The molecule has 2 aliphatic heterocycles. The lowest BCUT2D eigenvalue weighted by Gasteiger charge is -2.37. The predicted octanol–water partition coefficient (Wildman–Crippen LogP) is -0.249. The summed E-state index contributed by atoms with van der Waals surface area (Å²) in [4.78, 5) is 25.3. The average Bonchev–Trinajstić information content (AvgIpc) is 2.52. The summed E-state index contributed by atoms with van der Waals surface area (Å²) in [6, 6.07) is 0. The maximum absolute atomic E-state index is 11.9. The van der Waals surface area contributed by atoms with Gasteiger partial charge in [0.15, 0.2) is 6.35 Å². The molecule has 1 spiro atoms. The smallest absolute Gasteiger partial charge is 0.410 e. The molecule has 2 amide bonds. The van der Waals surface area contributed by atoms with Crippen LogP contribution >= 0.6 is 0 Å². The Hall–Kier alpha value is -1.34. The van der Waals surface area contributed by atoms with Gasteiger partial charge in [-0.25, -0.2) is 4.79 Å². The molecule has 7 nitrogen and oxygen atoms in total. The summed E-state index contributed by atoms with van der Waals surface area (Å²) in [5.74, 6) is -0.205. The second-order valence-electron chi connectivity index (χ2n) is 6.07. The van der Waals surface area contributed by atoms with E-state index in [-0.39, 0.29) is 12.0 Å². The zero-order chi connectivity index (χ0) is 14.3. The van der Waals surface area contributed by atoms with Crippen LogP contribution in [0.1, 0.15) is 33.6 Å². The van der Waals surface area contributed by atoms with E-state index < -0.39 is 17.5 Å². The van der Waals surface area contributed by atoms with Crippen LogP contribution in [0.2, 0.25) is 0 Å². The molecule has 108 valence electrons. The van der Waals surface area contributed by atoms with E-state index in [9.17, 15) is 14.7 Å². The van der Waals surface area contributed by atoms with E-state index in [2.05, 4.69) is 10.6 Å². The lowest BCUT2D eigenvalue weighted by molar-refractivity contribution is -0.126. The van der Waals surface area contributed by atoms with Crippen LogP contribution in [0.4, 0.5) is 4.79 Å². The number of carbonyl (C=O) groups is 2. The van der Waals surface area contributed by atoms with Crippen LogP contribution in [-0.2, 0) is 9.53 Å². The number of nitrogens with zero attached hydrogens (tertiary/aromatic N) is 1. The lowest BCUT2D eigenvalue weighted by atomic mass is 9.88. The van der Waals surface area contributed by atoms with Crippen molar-refractivity contribution in [1.29, 1.82) is 0 Å². The van der Waals surface area contributed by atoms with Gasteiger partial charge in [0.2, 0.25) is 5.91 Å². The third-order valence-electron chi connectivity index (χ3n) is 3.38. The molecule has 1 atom stereocenters. The summed E-state index contributed by atoms with van der Waals surface area (Å²) in [5, 5.41) is 14.7. The minimum Gasteiger partial charge on any atom is -0.444 e. The van der Waals surface area contributed by atoms with Crippen LogP contribution in [0.15, 0.2) is 0 Å². The fourth-order valence-electron chi connectivity index (χ4n) is 2.39. The highest BCUT2D eigenvalue weighted by atomic mass is 16.6. The van der Waals surface area contributed by atoms with Gasteiger partial charge in [-0.05, 0) is 33.6 Å². The summed E-state index contributed by atoms with van der Waals surface area (Å²) < 4.78 is 5.29. The van der Waals surface area contributed by atoms with Crippen LogP contribution in [-0.4, -0.2) is 52.6 Å². The first kappa shape index (κ1) is 14.1. The maximum Gasteiger partial charge on any atom is 0.410 e. The van der Waals surface area contributed by atoms with E-state index in [0.717, 1.165) is 0 Å². The van der Waals surface area contributed by atoms with Crippen molar-refractivity contribution in [2.45, 2.75) is 51.1 Å². The third kappa shape index (κ3) is 2.98. The molecule has 2 rings (SSSR count). The third-order valence-corrected chi connectivity index (χ3v) is 3.38. The van der Waals surface area contributed by atoms with Crippen molar-refractivity contribution in [3.05, 3.63) is 0 Å². The molecule has 2 aliphatic rings. The van der Waals surface area contributed by atoms with Crippen molar-refractivity contribution in [1.82, 2.24) is 15.5 Å². The Morgan fingerprint density at radius 1 is 1.42 bits per heavy atom. The molecule has 0 aliphatic carbocycles. The molecule has 0 aromatic carbocycles. The highest BCUT2D eigenvalue weighted by molar-refractivity contribution is 5.88. The van der Waals surface area contributed by atoms with E-state index in [1.807, 2.05) is 20.8 Å². The number of amides is 2. The monoisotopic (exact) mass is 271 g/mol. The number of likely N-dealkylation sites (tertiary alicyclic amines) is 1. The van der Waals surface area contributed by atoms with E-state index in [0.29, 0.717) is 25.9 Å². The fraction of sp³-hybridized carbons (Fsp3) is 0.833. The summed E-state index contributed by atoms with van der Waals surface area (Å²) in [7, 11) is 0. The normalized spacial score (nSPS) is 26.4. The number of hydrogen-bond donors (Lipinski definition) is 3.